The molecule has 100 valence electrons. The van der Waals surface area contributed by atoms with E-state index in [1.54, 1.807) is 6.07 Å². The summed E-state index contributed by atoms with van der Waals surface area (Å²) in [5, 5.41) is 9.89. The third kappa shape index (κ3) is 5.78. The third-order valence-electron chi connectivity index (χ3n) is 2.77. The average Bonchev–Trinajstić information content (AvgIpc) is 2.33. The second-order valence-electron chi connectivity index (χ2n) is 4.21. The number of aliphatic carboxylic acids is 1. The summed E-state index contributed by atoms with van der Waals surface area (Å²) in [7, 11) is 0. The van der Waals surface area contributed by atoms with Gasteiger partial charge in [-0.15, -0.1) is 0 Å². The molecule has 0 heterocycles. The molecule has 0 amide bonds. The molecule has 1 atom stereocenters. The molecular formula is C14H19ClO2S. The molecule has 1 N–H and O–H groups in total. The number of rotatable bonds is 8. The zero-order chi connectivity index (χ0) is 13.4. The van der Waals surface area contributed by atoms with Gasteiger partial charge in [0.05, 0.1) is 5.92 Å². The molecule has 4 heteroatoms. The van der Waals surface area contributed by atoms with E-state index in [0.29, 0.717) is 11.4 Å². The predicted molar refractivity (Wildman–Crippen MR) is 78.5 cm³/mol. The largest absolute Gasteiger partial charge is 0.481 e. The van der Waals surface area contributed by atoms with Crippen molar-refractivity contribution in [3.8, 4) is 0 Å². The number of hydrogen-bond acceptors (Lipinski definition) is 2. The second kappa shape index (κ2) is 8.44. The number of hydrogen-bond donors (Lipinski definition) is 1. The summed E-state index contributed by atoms with van der Waals surface area (Å²) >= 11 is 7.76. The van der Waals surface area contributed by atoms with Gasteiger partial charge in [0, 0.05) is 5.02 Å². The lowest BCUT2D eigenvalue weighted by Crippen LogP contribution is -2.16. The normalized spacial score (nSPS) is 12.3. The van der Waals surface area contributed by atoms with Gasteiger partial charge in [-0.2, -0.15) is 11.8 Å². The Morgan fingerprint density at radius 2 is 2.28 bits per heavy atom. The number of carbonyl (C=O) groups is 1. The van der Waals surface area contributed by atoms with E-state index in [0.717, 1.165) is 29.9 Å². The third-order valence-corrected chi connectivity index (χ3v) is 3.99. The van der Waals surface area contributed by atoms with Crippen molar-refractivity contribution in [2.45, 2.75) is 26.2 Å². The van der Waals surface area contributed by atoms with Crippen LogP contribution in [0.3, 0.4) is 0 Å². The van der Waals surface area contributed by atoms with Crippen LogP contribution < -0.4 is 0 Å². The number of halogens is 1. The van der Waals surface area contributed by atoms with Gasteiger partial charge in [0.15, 0.2) is 0 Å². The molecule has 0 saturated heterocycles. The molecule has 0 spiro atoms. The van der Waals surface area contributed by atoms with Crippen molar-refractivity contribution in [2.24, 2.45) is 5.92 Å². The van der Waals surface area contributed by atoms with Crippen LogP contribution in [0.25, 0.3) is 0 Å². The van der Waals surface area contributed by atoms with Crippen molar-refractivity contribution in [1.29, 1.82) is 0 Å². The zero-order valence-electron chi connectivity index (χ0n) is 10.6. The first kappa shape index (κ1) is 15.4. The van der Waals surface area contributed by atoms with Crippen LogP contribution in [0.4, 0.5) is 0 Å². The Kier molecular flexibility index (Phi) is 7.21. The van der Waals surface area contributed by atoms with Crippen molar-refractivity contribution in [3.63, 3.8) is 0 Å². The fourth-order valence-corrected chi connectivity index (χ4v) is 2.71. The summed E-state index contributed by atoms with van der Waals surface area (Å²) in [6.45, 7) is 2.12. The standard InChI is InChI=1S/C14H19ClO2S/c1-2-18-8-4-6-12(14(16)17)9-11-5-3-7-13(15)10-11/h3,5,7,10,12H,2,4,6,8-9H2,1H3,(H,16,17). The number of benzene rings is 1. The molecule has 0 aromatic heterocycles. The SMILES string of the molecule is CCSCCCC(Cc1cccc(Cl)c1)C(=O)O. The second-order valence-corrected chi connectivity index (χ2v) is 6.04. The minimum Gasteiger partial charge on any atom is -0.481 e. The highest BCUT2D eigenvalue weighted by atomic mass is 35.5. The van der Waals surface area contributed by atoms with Gasteiger partial charge >= 0.3 is 5.97 Å². The van der Waals surface area contributed by atoms with E-state index in [4.69, 9.17) is 11.6 Å². The summed E-state index contributed by atoms with van der Waals surface area (Å²) in [6, 6.07) is 7.45. The molecule has 1 unspecified atom stereocenters. The smallest absolute Gasteiger partial charge is 0.306 e. The van der Waals surface area contributed by atoms with Gasteiger partial charge in [-0.25, -0.2) is 0 Å². The van der Waals surface area contributed by atoms with Gasteiger partial charge < -0.3 is 5.11 Å². The molecule has 0 aliphatic carbocycles. The molecule has 0 radical (unpaired) electrons. The fourth-order valence-electron chi connectivity index (χ4n) is 1.84. The Morgan fingerprint density at radius 1 is 1.50 bits per heavy atom. The summed E-state index contributed by atoms with van der Waals surface area (Å²) in [4.78, 5) is 11.2. The quantitative estimate of drug-likeness (QED) is 0.731. The van der Waals surface area contributed by atoms with E-state index in [-0.39, 0.29) is 5.92 Å². The molecular weight excluding hydrogens is 268 g/mol. The Balaban J connectivity index is 2.50. The van der Waals surface area contributed by atoms with Crippen molar-refractivity contribution in [2.75, 3.05) is 11.5 Å². The van der Waals surface area contributed by atoms with Gasteiger partial charge in [-0.1, -0.05) is 30.7 Å². The lowest BCUT2D eigenvalue weighted by molar-refractivity contribution is -0.141. The van der Waals surface area contributed by atoms with Crippen molar-refractivity contribution in [1.82, 2.24) is 0 Å². The number of thioether (sulfide) groups is 1. The lowest BCUT2D eigenvalue weighted by Gasteiger charge is -2.12. The average molecular weight is 287 g/mol. The van der Waals surface area contributed by atoms with Crippen LogP contribution in [-0.4, -0.2) is 22.6 Å². The van der Waals surface area contributed by atoms with Crippen molar-refractivity contribution in [3.05, 3.63) is 34.9 Å². The van der Waals surface area contributed by atoms with E-state index in [1.807, 2.05) is 30.0 Å². The van der Waals surface area contributed by atoms with Crippen molar-refractivity contribution >= 4 is 29.3 Å². The lowest BCUT2D eigenvalue weighted by atomic mass is 9.95. The molecule has 0 aliphatic rings. The Bertz CT molecular complexity index is 382. The van der Waals surface area contributed by atoms with Crippen LogP contribution >= 0.6 is 23.4 Å². The Labute approximate surface area is 118 Å². The van der Waals surface area contributed by atoms with Crippen LogP contribution in [0.5, 0.6) is 0 Å². The molecule has 0 bridgehead atoms. The maximum atomic E-state index is 11.2. The first-order valence-corrected chi connectivity index (χ1v) is 7.71. The molecule has 0 saturated carbocycles. The maximum Gasteiger partial charge on any atom is 0.306 e. The molecule has 1 aromatic rings. The molecule has 0 fully saturated rings. The monoisotopic (exact) mass is 286 g/mol. The topological polar surface area (TPSA) is 37.3 Å². The van der Waals surface area contributed by atoms with E-state index in [2.05, 4.69) is 6.92 Å². The van der Waals surface area contributed by atoms with E-state index >= 15 is 0 Å². The maximum absolute atomic E-state index is 11.2. The highest BCUT2D eigenvalue weighted by Gasteiger charge is 2.17. The molecule has 1 aromatic carbocycles. The van der Waals surface area contributed by atoms with Crippen molar-refractivity contribution < 1.29 is 9.90 Å². The minimum absolute atomic E-state index is 0.305. The summed E-state index contributed by atoms with van der Waals surface area (Å²) in [5.74, 6) is 1.11. The van der Waals surface area contributed by atoms with Crippen LogP contribution in [0.15, 0.2) is 24.3 Å². The minimum atomic E-state index is -0.712. The van der Waals surface area contributed by atoms with Crippen LogP contribution in [-0.2, 0) is 11.2 Å². The van der Waals surface area contributed by atoms with Crippen LogP contribution in [0.2, 0.25) is 5.02 Å². The number of carboxylic acid groups (broad SMARTS) is 1. The van der Waals surface area contributed by atoms with Gasteiger partial charge in [0.2, 0.25) is 0 Å². The highest BCUT2D eigenvalue weighted by molar-refractivity contribution is 7.99. The van der Waals surface area contributed by atoms with E-state index in [1.165, 1.54) is 0 Å². The molecule has 1 rings (SSSR count). The molecule has 0 aliphatic heterocycles. The predicted octanol–water partition coefficient (Wildman–Crippen LogP) is 4.12. The summed E-state index contributed by atoms with van der Waals surface area (Å²) in [5.41, 5.74) is 0.998. The Hall–Kier alpha value is -0.670. The van der Waals surface area contributed by atoms with E-state index < -0.39 is 5.97 Å². The van der Waals surface area contributed by atoms with E-state index in [9.17, 15) is 9.90 Å². The first-order valence-electron chi connectivity index (χ1n) is 6.18. The highest BCUT2D eigenvalue weighted by Crippen LogP contribution is 2.19. The van der Waals surface area contributed by atoms with Crippen LogP contribution in [0, 0.1) is 5.92 Å². The molecule has 2 nitrogen and oxygen atoms in total. The Morgan fingerprint density at radius 3 is 2.89 bits per heavy atom. The molecule has 18 heavy (non-hydrogen) atoms. The van der Waals surface area contributed by atoms with Crippen LogP contribution in [0.1, 0.15) is 25.3 Å². The summed E-state index contributed by atoms with van der Waals surface area (Å²) < 4.78 is 0. The van der Waals surface area contributed by atoms with Gasteiger partial charge in [-0.05, 0) is 48.5 Å². The van der Waals surface area contributed by atoms with Gasteiger partial charge in [0.25, 0.3) is 0 Å². The zero-order valence-corrected chi connectivity index (χ0v) is 12.1. The summed E-state index contributed by atoms with van der Waals surface area (Å²) in [6.07, 6.45) is 2.25. The van der Waals surface area contributed by atoms with Gasteiger partial charge in [0.1, 0.15) is 0 Å². The first-order chi connectivity index (χ1) is 8.63. The number of carboxylic acids is 1. The fraction of sp³-hybridized carbons (Fsp3) is 0.500. The van der Waals surface area contributed by atoms with Gasteiger partial charge in [-0.3, -0.25) is 4.79 Å².